The van der Waals surface area contributed by atoms with Gasteiger partial charge in [-0.3, -0.25) is 0 Å². The molecular weight excluding hydrogens is 176 g/mol. The van der Waals surface area contributed by atoms with Gasteiger partial charge in [-0.25, -0.2) is 4.98 Å². The molecule has 0 aliphatic heterocycles. The normalized spacial score (nSPS) is 9.92. The summed E-state index contributed by atoms with van der Waals surface area (Å²) in [6, 6.07) is 1.61. The fourth-order valence-corrected chi connectivity index (χ4v) is 1.04. The lowest BCUT2D eigenvalue weighted by Gasteiger charge is -2.07. The molecule has 0 bridgehead atoms. The first kappa shape index (κ1) is 9.13. The molecule has 0 saturated carbocycles. The van der Waals surface area contributed by atoms with E-state index < -0.39 is 0 Å². The lowest BCUT2D eigenvalue weighted by Crippen LogP contribution is -2.00. The number of nitrogen functional groups attached to an aromatic ring is 1. The van der Waals surface area contributed by atoms with Gasteiger partial charge in [0.25, 0.3) is 0 Å². The molecule has 0 aliphatic carbocycles. The second-order valence-corrected chi connectivity index (χ2v) is 2.78. The van der Waals surface area contributed by atoms with Crippen LogP contribution in [-0.2, 0) is 0 Å². The van der Waals surface area contributed by atoms with Gasteiger partial charge in [-0.2, -0.15) is 0 Å². The van der Waals surface area contributed by atoms with Gasteiger partial charge in [-0.15, -0.1) is 0 Å². The number of rotatable bonds is 2. The number of pyridine rings is 1. The molecule has 66 valence electrons. The van der Waals surface area contributed by atoms with Gasteiger partial charge in [-0.05, 0) is 19.9 Å². The van der Waals surface area contributed by atoms with E-state index in [1.807, 2.05) is 13.8 Å². The Balaban J connectivity index is 3.09. The third kappa shape index (κ3) is 1.80. The highest BCUT2D eigenvalue weighted by Gasteiger charge is 2.05. The van der Waals surface area contributed by atoms with Crippen molar-refractivity contribution in [1.82, 2.24) is 4.98 Å². The first-order valence-corrected chi connectivity index (χ1v) is 4.08. The lowest BCUT2D eigenvalue weighted by molar-refractivity contribution is 0.324. The van der Waals surface area contributed by atoms with Crippen molar-refractivity contribution < 1.29 is 4.74 Å². The zero-order chi connectivity index (χ0) is 9.14. The van der Waals surface area contributed by atoms with Gasteiger partial charge in [0.05, 0.1) is 6.61 Å². The van der Waals surface area contributed by atoms with Crippen LogP contribution in [0.5, 0.6) is 5.88 Å². The Kier molecular flexibility index (Phi) is 2.76. The van der Waals surface area contributed by atoms with Gasteiger partial charge in [0.2, 0.25) is 5.88 Å². The highest BCUT2D eigenvalue weighted by Crippen LogP contribution is 2.24. The molecule has 0 unspecified atom stereocenters. The molecule has 1 rings (SSSR count). The standard InChI is InChI=1S/C8H11ClN2O/c1-3-12-8-5(2)6(10)4-7(9)11-8/h4H,3H2,1-2H3,(H2,10,11). The van der Waals surface area contributed by atoms with Crippen molar-refractivity contribution in [3.8, 4) is 5.88 Å². The summed E-state index contributed by atoms with van der Waals surface area (Å²) in [6.45, 7) is 4.30. The van der Waals surface area contributed by atoms with Crippen molar-refractivity contribution in [1.29, 1.82) is 0 Å². The van der Waals surface area contributed by atoms with Crippen LogP contribution in [0.15, 0.2) is 6.07 Å². The number of nitrogens with two attached hydrogens (primary N) is 1. The summed E-state index contributed by atoms with van der Waals surface area (Å²) >= 11 is 5.69. The molecule has 0 aliphatic rings. The van der Waals surface area contributed by atoms with Crippen LogP contribution < -0.4 is 10.5 Å². The number of aromatic nitrogens is 1. The van der Waals surface area contributed by atoms with Gasteiger partial charge in [0.1, 0.15) is 5.15 Å². The largest absolute Gasteiger partial charge is 0.478 e. The molecule has 0 saturated heterocycles. The van der Waals surface area contributed by atoms with Crippen LogP contribution in [0, 0.1) is 6.92 Å². The van der Waals surface area contributed by atoms with Gasteiger partial charge in [-0.1, -0.05) is 11.6 Å². The second-order valence-electron chi connectivity index (χ2n) is 2.40. The minimum atomic E-state index is 0.363. The molecule has 1 aromatic heterocycles. The Morgan fingerprint density at radius 2 is 2.33 bits per heavy atom. The number of halogens is 1. The zero-order valence-corrected chi connectivity index (χ0v) is 7.85. The number of nitrogens with zero attached hydrogens (tertiary/aromatic N) is 1. The molecule has 2 N–H and O–H groups in total. The number of hydrogen-bond acceptors (Lipinski definition) is 3. The number of ether oxygens (including phenoxy) is 1. The SMILES string of the molecule is CCOc1nc(Cl)cc(N)c1C. The monoisotopic (exact) mass is 186 g/mol. The molecule has 0 fully saturated rings. The van der Waals surface area contributed by atoms with Gasteiger partial charge in [0.15, 0.2) is 0 Å². The molecule has 0 amide bonds. The van der Waals surface area contributed by atoms with Crippen molar-refractivity contribution in [3.05, 3.63) is 16.8 Å². The summed E-state index contributed by atoms with van der Waals surface area (Å²) in [5.74, 6) is 0.516. The van der Waals surface area contributed by atoms with Crippen molar-refractivity contribution in [2.45, 2.75) is 13.8 Å². The maximum atomic E-state index is 5.69. The molecule has 1 aromatic rings. The van der Waals surface area contributed by atoms with Crippen LogP contribution in [-0.4, -0.2) is 11.6 Å². The zero-order valence-electron chi connectivity index (χ0n) is 7.10. The van der Waals surface area contributed by atoms with E-state index in [0.29, 0.717) is 23.3 Å². The minimum absolute atomic E-state index is 0.363. The van der Waals surface area contributed by atoms with Gasteiger partial charge >= 0.3 is 0 Å². The van der Waals surface area contributed by atoms with Gasteiger partial charge in [0, 0.05) is 11.3 Å². The average Bonchev–Trinajstić information content (AvgIpc) is 2.00. The molecule has 1 heterocycles. The Morgan fingerprint density at radius 1 is 1.67 bits per heavy atom. The molecule has 0 aromatic carbocycles. The Hall–Kier alpha value is -0.960. The Bertz CT molecular complexity index is 289. The van der Waals surface area contributed by atoms with Crippen molar-refractivity contribution in [3.63, 3.8) is 0 Å². The topological polar surface area (TPSA) is 48.1 Å². The first-order chi connectivity index (χ1) is 5.65. The quantitative estimate of drug-likeness (QED) is 0.719. The molecule has 12 heavy (non-hydrogen) atoms. The van der Waals surface area contributed by atoms with Crippen LogP contribution in [0.1, 0.15) is 12.5 Å². The summed E-state index contributed by atoms with van der Waals surface area (Å²) in [7, 11) is 0. The van der Waals surface area contributed by atoms with Crippen molar-refractivity contribution >= 4 is 17.3 Å². The van der Waals surface area contributed by atoms with Crippen LogP contribution in [0.4, 0.5) is 5.69 Å². The highest BCUT2D eigenvalue weighted by atomic mass is 35.5. The van der Waals surface area contributed by atoms with E-state index in [1.165, 1.54) is 0 Å². The number of hydrogen-bond donors (Lipinski definition) is 1. The molecule has 3 nitrogen and oxygen atoms in total. The van der Waals surface area contributed by atoms with E-state index in [0.717, 1.165) is 5.56 Å². The third-order valence-corrected chi connectivity index (χ3v) is 1.71. The highest BCUT2D eigenvalue weighted by molar-refractivity contribution is 6.29. The minimum Gasteiger partial charge on any atom is -0.478 e. The van der Waals surface area contributed by atoms with Crippen LogP contribution in [0.3, 0.4) is 0 Å². The van der Waals surface area contributed by atoms with E-state index in [9.17, 15) is 0 Å². The van der Waals surface area contributed by atoms with Crippen LogP contribution in [0.2, 0.25) is 5.15 Å². The lowest BCUT2D eigenvalue weighted by atomic mass is 10.2. The molecule has 0 spiro atoms. The van der Waals surface area contributed by atoms with Crippen LogP contribution in [0.25, 0.3) is 0 Å². The average molecular weight is 187 g/mol. The van der Waals surface area contributed by atoms with Crippen molar-refractivity contribution in [2.24, 2.45) is 0 Å². The van der Waals surface area contributed by atoms with Crippen LogP contribution >= 0.6 is 11.6 Å². The maximum Gasteiger partial charge on any atom is 0.219 e. The van der Waals surface area contributed by atoms with Gasteiger partial charge < -0.3 is 10.5 Å². The van der Waals surface area contributed by atoms with E-state index in [2.05, 4.69) is 4.98 Å². The summed E-state index contributed by atoms with van der Waals surface area (Å²) in [5, 5.41) is 0.363. The Morgan fingerprint density at radius 3 is 2.92 bits per heavy atom. The summed E-state index contributed by atoms with van der Waals surface area (Å²) in [5.41, 5.74) is 7.09. The van der Waals surface area contributed by atoms with E-state index in [-0.39, 0.29) is 0 Å². The fraction of sp³-hybridized carbons (Fsp3) is 0.375. The maximum absolute atomic E-state index is 5.69. The predicted octanol–water partition coefficient (Wildman–Crippen LogP) is 2.02. The van der Waals surface area contributed by atoms with Crippen molar-refractivity contribution in [2.75, 3.05) is 12.3 Å². The summed E-state index contributed by atoms with van der Waals surface area (Å²) < 4.78 is 5.22. The Labute approximate surface area is 76.5 Å². The summed E-state index contributed by atoms with van der Waals surface area (Å²) in [6.07, 6.45) is 0. The predicted molar refractivity (Wildman–Crippen MR) is 49.6 cm³/mol. The molecular formula is C8H11ClN2O. The molecule has 0 atom stereocenters. The summed E-state index contributed by atoms with van der Waals surface area (Å²) in [4.78, 5) is 3.99. The third-order valence-electron chi connectivity index (χ3n) is 1.52. The smallest absolute Gasteiger partial charge is 0.219 e. The van der Waals surface area contributed by atoms with E-state index >= 15 is 0 Å². The number of anilines is 1. The first-order valence-electron chi connectivity index (χ1n) is 3.70. The second kappa shape index (κ2) is 3.63. The van der Waals surface area contributed by atoms with E-state index in [1.54, 1.807) is 6.07 Å². The fourth-order valence-electron chi connectivity index (χ4n) is 0.850. The van der Waals surface area contributed by atoms with E-state index in [4.69, 9.17) is 22.1 Å². The molecule has 0 radical (unpaired) electrons. The molecule has 4 heteroatoms.